The number of benzene rings is 2. The Morgan fingerprint density at radius 1 is 1.10 bits per heavy atom. The molecule has 0 spiro atoms. The van der Waals surface area contributed by atoms with Gasteiger partial charge in [0, 0.05) is 5.69 Å². The van der Waals surface area contributed by atoms with E-state index in [1.54, 1.807) is 18.2 Å². The molecule has 2 aromatic rings. The summed E-state index contributed by atoms with van der Waals surface area (Å²) in [6.07, 6.45) is 0. The summed E-state index contributed by atoms with van der Waals surface area (Å²) in [6, 6.07) is 9.12. The maximum atomic E-state index is 13.2. The third kappa shape index (κ3) is 4.20. The van der Waals surface area contributed by atoms with Gasteiger partial charge in [0.2, 0.25) is 0 Å². The van der Waals surface area contributed by atoms with Crippen molar-refractivity contribution in [1.29, 1.82) is 0 Å². The van der Waals surface area contributed by atoms with Gasteiger partial charge in [-0.2, -0.15) is 0 Å². The molecule has 0 aromatic heterocycles. The smallest absolute Gasteiger partial charge is 0.175 e. The number of hydrogen-bond acceptors (Lipinski definition) is 2. The largest absolute Gasteiger partial charge is 0.495 e. The lowest BCUT2D eigenvalue weighted by atomic mass is 10.3. The molecule has 0 saturated heterocycles. The molecule has 0 aliphatic rings. The second-order valence-corrected chi connectivity index (χ2v) is 5.28. The van der Waals surface area contributed by atoms with Crippen LogP contribution in [0, 0.1) is 5.82 Å². The average Bonchev–Trinajstić information content (AvgIpc) is 2.43. The molecule has 21 heavy (non-hydrogen) atoms. The molecule has 0 radical (unpaired) electrons. The van der Waals surface area contributed by atoms with Crippen LogP contribution in [0.15, 0.2) is 36.4 Å². The Balaban J connectivity index is 2.08. The van der Waals surface area contributed by atoms with Crippen molar-refractivity contribution >= 4 is 51.9 Å². The summed E-state index contributed by atoms with van der Waals surface area (Å²) in [4.78, 5) is 0. The minimum absolute atomic E-state index is 0.267. The molecule has 2 aromatic carbocycles. The fourth-order valence-electron chi connectivity index (χ4n) is 1.62. The maximum Gasteiger partial charge on any atom is 0.175 e. The van der Waals surface area contributed by atoms with Gasteiger partial charge in [0.1, 0.15) is 11.6 Å². The Bertz CT molecular complexity index is 682. The number of nitrogens with one attached hydrogen (secondary N) is 2. The maximum absolute atomic E-state index is 13.2. The van der Waals surface area contributed by atoms with Crippen molar-refractivity contribution in [3.05, 3.63) is 52.3 Å². The highest BCUT2D eigenvalue weighted by Crippen LogP contribution is 2.27. The Labute approximate surface area is 137 Å². The van der Waals surface area contributed by atoms with Gasteiger partial charge in [0.05, 0.1) is 22.8 Å². The second-order valence-electron chi connectivity index (χ2n) is 4.05. The van der Waals surface area contributed by atoms with E-state index < -0.39 is 5.82 Å². The molecule has 0 amide bonds. The van der Waals surface area contributed by atoms with Crippen LogP contribution in [-0.4, -0.2) is 12.2 Å². The van der Waals surface area contributed by atoms with Gasteiger partial charge in [0.25, 0.3) is 0 Å². The third-order valence-corrected chi connectivity index (χ3v) is 3.42. The molecule has 0 atom stereocenters. The van der Waals surface area contributed by atoms with Crippen molar-refractivity contribution in [2.24, 2.45) is 0 Å². The zero-order chi connectivity index (χ0) is 15.4. The van der Waals surface area contributed by atoms with Gasteiger partial charge < -0.3 is 15.4 Å². The zero-order valence-electron chi connectivity index (χ0n) is 10.9. The Kier molecular flexibility index (Phi) is 5.22. The van der Waals surface area contributed by atoms with Crippen LogP contribution in [0.2, 0.25) is 10.0 Å². The molecular weight excluding hydrogens is 334 g/mol. The predicted molar refractivity (Wildman–Crippen MR) is 89.3 cm³/mol. The number of hydrogen-bond donors (Lipinski definition) is 2. The Morgan fingerprint density at radius 2 is 1.86 bits per heavy atom. The molecule has 0 aliphatic carbocycles. The standard InChI is InChI=1S/C14H11Cl2FN2OS/c1-20-13-5-3-9(7-11(13)16)18-14(21)19-12-6-8(17)2-4-10(12)15/h2-7H,1H3,(H2,18,19,21). The molecule has 2 N–H and O–H groups in total. The predicted octanol–water partition coefficient (Wildman–Crippen LogP) is 4.95. The first-order valence-electron chi connectivity index (χ1n) is 5.86. The lowest BCUT2D eigenvalue weighted by molar-refractivity contribution is 0.415. The average molecular weight is 345 g/mol. The number of methoxy groups -OCH3 is 1. The number of thiocarbonyl (C=S) groups is 1. The first-order valence-corrected chi connectivity index (χ1v) is 7.02. The molecular formula is C14H11Cl2FN2OS. The molecule has 0 aliphatic heterocycles. The molecule has 7 heteroatoms. The van der Waals surface area contributed by atoms with Crippen molar-refractivity contribution in [3.63, 3.8) is 0 Å². The Morgan fingerprint density at radius 3 is 2.52 bits per heavy atom. The number of anilines is 2. The fraction of sp³-hybridized carbons (Fsp3) is 0.0714. The normalized spacial score (nSPS) is 10.1. The van der Waals surface area contributed by atoms with E-state index in [0.717, 1.165) is 0 Å². The topological polar surface area (TPSA) is 33.3 Å². The molecule has 0 unspecified atom stereocenters. The van der Waals surface area contributed by atoms with Crippen molar-refractivity contribution in [2.45, 2.75) is 0 Å². The molecule has 0 bridgehead atoms. The van der Waals surface area contributed by atoms with Crippen LogP contribution in [0.5, 0.6) is 5.75 Å². The quantitative estimate of drug-likeness (QED) is 0.771. The van der Waals surface area contributed by atoms with Gasteiger partial charge >= 0.3 is 0 Å². The van der Waals surface area contributed by atoms with Gasteiger partial charge in [-0.05, 0) is 48.6 Å². The SMILES string of the molecule is COc1ccc(NC(=S)Nc2cc(F)ccc2Cl)cc1Cl. The van der Waals surface area contributed by atoms with Crippen LogP contribution in [0.4, 0.5) is 15.8 Å². The zero-order valence-corrected chi connectivity index (χ0v) is 13.2. The second kappa shape index (κ2) is 6.93. The van der Waals surface area contributed by atoms with Crippen LogP contribution in [0.25, 0.3) is 0 Å². The van der Waals surface area contributed by atoms with E-state index in [1.165, 1.54) is 25.3 Å². The molecule has 0 heterocycles. The molecule has 2 rings (SSSR count). The molecule has 0 fully saturated rings. The van der Waals surface area contributed by atoms with E-state index in [4.69, 9.17) is 40.2 Å². The minimum Gasteiger partial charge on any atom is -0.495 e. The van der Waals surface area contributed by atoms with Gasteiger partial charge in [0.15, 0.2) is 5.11 Å². The van der Waals surface area contributed by atoms with Crippen molar-refractivity contribution in [2.75, 3.05) is 17.7 Å². The van der Waals surface area contributed by atoms with Crippen LogP contribution in [0.3, 0.4) is 0 Å². The summed E-state index contributed by atoms with van der Waals surface area (Å²) in [6.45, 7) is 0. The van der Waals surface area contributed by atoms with E-state index in [2.05, 4.69) is 10.6 Å². The van der Waals surface area contributed by atoms with Crippen LogP contribution < -0.4 is 15.4 Å². The van der Waals surface area contributed by atoms with Crippen molar-refractivity contribution < 1.29 is 9.13 Å². The van der Waals surface area contributed by atoms with E-state index in [0.29, 0.717) is 27.2 Å². The summed E-state index contributed by atoms with van der Waals surface area (Å²) >= 11 is 17.1. The summed E-state index contributed by atoms with van der Waals surface area (Å²) in [7, 11) is 1.53. The minimum atomic E-state index is -0.405. The molecule has 110 valence electrons. The third-order valence-electron chi connectivity index (χ3n) is 2.59. The van der Waals surface area contributed by atoms with Gasteiger partial charge in [-0.3, -0.25) is 0 Å². The number of rotatable bonds is 3. The first-order chi connectivity index (χ1) is 9.99. The Hall–Kier alpha value is -1.56. The highest BCUT2D eigenvalue weighted by Gasteiger charge is 2.06. The van der Waals surface area contributed by atoms with Gasteiger partial charge in [-0.25, -0.2) is 4.39 Å². The van der Waals surface area contributed by atoms with E-state index in [1.807, 2.05) is 0 Å². The van der Waals surface area contributed by atoms with Gasteiger partial charge in [-0.1, -0.05) is 23.2 Å². The summed E-state index contributed by atoms with van der Waals surface area (Å²) in [5.41, 5.74) is 1.06. The lowest BCUT2D eigenvalue weighted by Crippen LogP contribution is -2.19. The van der Waals surface area contributed by atoms with Gasteiger partial charge in [-0.15, -0.1) is 0 Å². The first kappa shape index (κ1) is 15.8. The summed E-state index contributed by atoms with van der Waals surface area (Å²) in [5, 5.41) is 6.84. The van der Waals surface area contributed by atoms with E-state index in [-0.39, 0.29) is 5.11 Å². The molecule has 0 saturated carbocycles. The van der Waals surface area contributed by atoms with Crippen molar-refractivity contribution in [1.82, 2.24) is 0 Å². The van der Waals surface area contributed by atoms with Crippen LogP contribution in [-0.2, 0) is 0 Å². The fourth-order valence-corrected chi connectivity index (χ4v) is 2.27. The van der Waals surface area contributed by atoms with Crippen LogP contribution >= 0.6 is 35.4 Å². The monoisotopic (exact) mass is 344 g/mol. The highest BCUT2D eigenvalue weighted by molar-refractivity contribution is 7.80. The summed E-state index contributed by atoms with van der Waals surface area (Å²) < 4.78 is 18.2. The lowest BCUT2D eigenvalue weighted by Gasteiger charge is -2.12. The highest BCUT2D eigenvalue weighted by atomic mass is 35.5. The van der Waals surface area contributed by atoms with E-state index >= 15 is 0 Å². The summed E-state index contributed by atoms with van der Waals surface area (Å²) in [5.74, 6) is 0.159. The van der Waals surface area contributed by atoms with Crippen LogP contribution in [0.1, 0.15) is 0 Å². The number of halogens is 3. The number of ether oxygens (including phenoxy) is 1. The molecule has 3 nitrogen and oxygen atoms in total. The van der Waals surface area contributed by atoms with Crippen molar-refractivity contribution in [3.8, 4) is 5.75 Å². The van der Waals surface area contributed by atoms with E-state index in [9.17, 15) is 4.39 Å².